The molecule has 1 unspecified atom stereocenters. The van der Waals surface area contributed by atoms with Gasteiger partial charge in [0.15, 0.2) is 0 Å². The Labute approximate surface area is 148 Å². The molecule has 0 radical (unpaired) electrons. The lowest BCUT2D eigenvalue weighted by molar-refractivity contribution is -0.123. The normalized spacial score (nSPS) is 21.4. The molecule has 3 N–H and O–H groups in total. The van der Waals surface area contributed by atoms with Gasteiger partial charge in [-0.05, 0) is 43.7 Å². The van der Waals surface area contributed by atoms with Crippen molar-refractivity contribution in [3.05, 3.63) is 60.2 Å². The Morgan fingerprint density at radius 3 is 2.48 bits per heavy atom. The zero-order valence-corrected chi connectivity index (χ0v) is 14.7. The Hall–Kier alpha value is -2.37. The van der Waals surface area contributed by atoms with Crippen LogP contribution in [-0.2, 0) is 9.53 Å². The quantitative estimate of drug-likeness (QED) is 0.783. The van der Waals surface area contributed by atoms with Gasteiger partial charge in [0.05, 0.1) is 12.7 Å². The van der Waals surface area contributed by atoms with E-state index in [2.05, 4.69) is 35.0 Å². The Morgan fingerprint density at radius 2 is 1.80 bits per heavy atom. The highest BCUT2D eigenvalue weighted by molar-refractivity contribution is 5.95. The molecule has 2 aromatic carbocycles. The molecule has 3 rings (SSSR count). The van der Waals surface area contributed by atoms with E-state index in [9.17, 15) is 4.79 Å². The number of rotatable bonds is 5. The van der Waals surface area contributed by atoms with Gasteiger partial charge in [-0.15, -0.1) is 0 Å². The molecule has 1 saturated heterocycles. The van der Waals surface area contributed by atoms with Crippen molar-refractivity contribution >= 4 is 17.3 Å². The van der Waals surface area contributed by atoms with Crippen LogP contribution in [-0.4, -0.2) is 31.2 Å². The summed E-state index contributed by atoms with van der Waals surface area (Å²) in [5.41, 5.74) is 3.03. The van der Waals surface area contributed by atoms with E-state index in [0.717, 1.165) is 11.4 Å². The molecule has 0 saturated carbocycles. The average molecular weight is 339 g/mol. The van der Waals surface area contributed by atoms with Gasteiger partial charge in [-0.3, -0.25) is 4.79 Å². The number of hydrogen-bond donors (Lipinski definition) is 3. The Bertz CT molecular complexity index is 688. The van der Waals surface area contributed by atoms with Crippen molar-refractivity contribution < 1.29 is 9.53 Å². The zero-order chi connectivity index (χ0) is 17.6. The molecule has 0 aliphatic carbocycles. The lowest BCUT2D eigenvalue weighted by Gasteiger charge is -2.29. The number of carbonyl (C=O) groups is 1. The standard InChI is InChI=1S/C20H25N3O2/c1-14(16-6-4-3-5-7-16)22-17-8-10-18(11-9-17)23-20(24)19-15(2)25-13-12-21-19/h3-11,14-15,19,21-22H,12-13H2,1-2H3,(H,23,24)/t14?,15-,19+/m1/s1. The zero-order valence-electron chi connectivity index (χ0n) is 14.7. The molecule has 3 atom stereocenters. The summed E-state index contributed by atoms with van der Waals surface area (Å²) in [4.78, 5) is 12.4. The third kappa shape index (κ3) is 4.59. The summed E-state index contributed by atoms with van der Waals surface area (Å²) < 4.78 is 5.52. The molecule has 5 nitrogen and oxygen atoms in total. The monoisotopic (exact) mass is 339 g/mol. The first kappa shape index (κ1) is 17.5. The first-order valence-corrected chi connectivity index (χ1v) is 8.71. The molecular formula is C20H25N3O2. The van der Waals surface area contributed by atoms with E-state index in [1.807, 2.05) is 49.4 Å². The fourth-order valence-corrected chi connectivity index (χ4v) is 2.97. The Morgan fingerprint density at radius 1 is 1.12 bits per heavy atom. The van der Waals surface area contributed by atoms with Crippen LogP contribution in [0.25, 0.3) is 0 Å². The molecule has 132 valence electrons. The first-order chi connectivity index (χ1) is 12.1. The summed E-state index contributed by atoms with van der Waals surface area (Å²) in [5, 5.41) is 9.60. The number of nitrogens with one attached hydrogen (secondary N) is 3. The van der Waals surface area contributed by atoms with E-state index in [1.165, 1.54) is 5.56 Å². The Balaban J connectivity index is 1.57. The second-order valence-corrected chi connectivity index (χ2v) is 6.35. The van der Waals surface area contributed by atoms with Gasteiger partial charge in [0.25, 0.3) is 0 Å². The highest BCUT2D eigenvalue weighted by atomic mass is 16.5. The number of morpholine rings is 1. The van der Waals surface area contributed by atoms with Crippen molar-refractivity contribution in [3.63, 3.8) is 0 Å². The minimum Gasteiger partial charge on any atom is -0.379 e. The highest BCUT2D eigenvalue weighted by Crippen LogP contribution is 2.21. The summed E-state index contributed by atoms with van der Waals surface area (Å²) in [6.07, 6.45) is -0.124. The predicted octanol–water partition coefficient (Wildman–Crippen LogP) is 3.18. The summed E-state index contributed by atoms with van der Waals surface area (Å²) in [5.74, 6) is -0.0643. The summed E-state index contributed by atoms with van der Waals surface area (Å²) >= 11 is 0. The fourth-order valence-electron chi connectivity index (χ4n) is 2.97. The SMILES string of the molecule is CC(Nc1ccc(NC(=O)[C@H]2NCCO[C@@H]2C)cc1)c1ccccc1. The van der Waals surface area contributed by atoms with Crippen LogP contribution in [0, 0.1) is 0 Å². The first-order valence-electron chi connectivity index (χ1n) is 8.71. The largest absolute Gasteiger partial charge is 0.379 e. The molecule has 0 aromatic heterocycles. The van der Waals surface area contributed by atoms with Gasteiger partial charge in [0.1, 0.15) is 6.04 Å². The second-order valence-electron chi connectivity index (χ2n) is 6.35. The van der Waals surface area contributed by atoms with E-state index in [-0.39, 0.29) is 24.1 Å². The van der Waals surface area contributed by atoms with Gasteiger partial charge < -0.3 is 20.7 Å². The van der Waals surface area contributed by atoms with Gasteiger partial charge >= 0.3 is 0 Å². The number of carbonyl (C=O) groups excluding carboxylic acids is 1. The fraction of sp³-hybridized carbons (Fsp3) is 0.350. The van der Waals surface area contributed by atoms with Crippen molar-refractivity contribution in [3.8, 4) is 0 Å². The summed E-state index contributed by atoms with van der Waals surface area (Å²) in [6.45, 7) is 5.38. The molecule has 1 fully saturated rings. The molecule has 1 amide bonds. The van der Waals surface area contributed by atoms with Crippen LogP contribution >= 0.6 is 0 Å². The maximum atomic E-state index is 12.4. The molecule has 0 spiro atoms. The average Bonchev–Trinajstić information content (AvgIpc) is 2.64. The van der Waals surface area contributed by atoms with Crippen LogP contribution in [0.2, 0.25) is 0 Å². The number of ether oxygens (including phenoxy) is 1. The van der Waals surface area contributed by atoms with Gasteiger partial charge in [0.2, 0.25) is 5.91 Å². The third-order valence-corrected chi connectivity index (χ3v) is 4.43. The summed E-state index contributed by atoms with van der Waals surface area (Å²) in [7, 11) is 0. The van der Waals surface area contributed by atoms with Crippen LogP contribution in [0.3, 0.4) is 0 Å². The minimum absolute atomic E-state index is 0.0643. The van der Waals surface area contributed by atoms with Crippen molar-refractivity contribution in [1.29, 1.82) is 0 Å². The highest BCUT2D eigenvalue weighted by Gasteiger charge is 2.28. The smallest absolute Gasteiger partial charge is 0.244 e. The van der Waals surface area contributed by atoms with Crippen LogP contribution in [0.4, 0.5) is 11.4 Å². The second kappa shape index (κ2) is 8.14. The Kier molecular flexibility index (Phi) is 5.68. The van der Waals surface area contributed by atoms with Gasteiger partial charge in [-0.1, -0.05) is 30.3 Å². The summed E-state index contributed by atoms with van der Waals surface area (Å²) in [6, 6.07) is 18.0. The molecule has 0 bridgehead atoms. The van der Waals surface area contributed by atoms with E-state index in [4.69, 9.17) is 4.74 Å². The van der Waals surface area contributed by atoms with Crippen molar-refractivity contribution in [2.24, 2.45) is 0 Å². The molecule has 1 heterocycles. The number of anilines is 2. The minimum atomic E-state index is -0.315. The van der Waals surface area contributed by atoms with Gasteiger partial charge in [0, 0.05) is 24.0 Å². The molecule has 1 aliphatic heterocycles. The number of amides is 1. The number of hydrogen-bond acceptors (Lipinski definition) is 4. The molecule has 1 aliphatic rings. The van der Waals surface area contributed by atoms with Crippen LogP contribution in [0.5, 0.6) is 0 Å². The van der Waals surface area contributed by atoms with Crippen molar-refractivity contribution in [2.45, 2.75) is 32.0 Å². The van der Waals surface area contributed by atoms with Gasteiger partial charge in [-0.2, -0.15) is 0 Å². The third-order valence-electron chi connectivity index (χ3n) is 4.43. The molecule has 25 heavy (non-hydrogen) atoms. The van der Waals surface area contributed by atoms with Gasteiger partial charge in [-0.25, -0.2) is 0 Å². The lowest BCUT2D eigenvalue weighted by atomic mass is 10.1. The van der Waals surface area contributed by atoms with Crippen LogP contribution in [0.1, 0.15) is 25.5 Å². The van der Waals surface area contributed by atoms with E-state index >= 15 is 0 Å². The van der Waals surface area contributed by atoms with Crippen molar-refractivity contribution in [2.75, 3.05) is 23.8 Å². The molecular weight excluding hydrogens is 314 g/mol. The predicted molar refractivity (Wildman–Crippen MR) is 101 cm³/mol. The van der Waals surface area contributed by atoms with Crippen molar-refractivity contribution in [1.82, 2.24) is 5.32 Å². The maximum absolute atomic E-state index is 12.4. The van der Waals surface area contributed by atoms with E-state index in [0.29, 0.717) is 13.2 Å². The van der Waals surface area contributed by atoms with E-state index < -0.39 is 0 Å². The topological polar surface area (TPSA) is 62.4 Å². The maximum Gasteiger partial charge on any atom is 0.244 e. The molecule has 2 aromatic rings. The lowest BCUT2D eigenvalue weighted by Crippen LogP contribution is -2.53. The molecule has 5 heteroatoms. The van der Waals surface area contributed by atoms with E-state index in [1.54, 1.807) is 0 Å². The van der Waals surface area contributed by atoms with Crippen LogP contribution < -0.4 is 16.0 Å². The number of benzene rings is 2. The van der Waals surface area contributed by atoms with Crippen LogP contribution in [0.15, 0.2) is 54.6 Å².